The molecule has 2 heterocycles. The fourth-order valence-corrected chi connectivity index (χ4v) is 4.69. The van der Waals surface area contributed by atoms with Gasteiger partial charge in [0.1, 0.15) is 5.15 Å². The summed E-state index contributed by atoms with van der Waals surface area (Å²) in [6, 6.07) is 9.40. The number of carbonyl (C=O) groups is 1. The summed E-state index contributed by atoms with van der Waals surface area (Å²) in [5.74, 6) is 0.624. The van der Waals surface area contributed by atoms with Gasteiger partial charge < -0.3 is 10.3 Å². The van der Waals surface area contributed by atoms with Crippen molar-refractivity contribution >= 4 is 40.0 Å². The van der Waals surface area contributed by atoms with Crippen molar-refractivity contribution in [1.29, 1.82) is 0 Å². The first kappa shape index (κ1) is 19.3. The SMILES string of the molecule is O=C(NCC(c1ccc(Cl)nc1)C1CCCCC1)c1ccc2[nH]ccc2c1Cl. The number of hydrogen-bond acceptors (Lipinski definition) is 2. The lowest BCUT2D eigenvalue weighted by Gasteiger charge is -2.30. The molecule has 1 aromatic carbocycles. The fourth-order valence-electron chi connectivity index (χ4n) is 4.27. The third-order valence-corrected chi connectivity index (χ3v) is 6.42. The van der Waals surface area contributed by atoms with Crippen molar-refractivity contribution in [2.24, 2.45) is 5.92 Å². The van der Waals surface area contributed by atoms with E-state index in [1.807, 2.05) is 36.7 Å². The summed E-state index contributed by atoms with van der Waals surface area (Å²) in [4.78, 5) is 20.2. The maximum atomic E-state index is 12.9. The summed E-state index contributed by atoms with van der Waals surface area (Å²) in [6.45, 7) is 0.564. The predicted molar refractivity (Wildman–Crippen MR) is 114 cm³/mol. The Hall–Kier alpha value is -2.04. The lowest BCUT2D eigenvalue weighted by atomic mass is 9.77. The summed E-state index contributed by atoms with van der Waals surface area (Å²) in [6.07, 6.45) is 9.80. The molecule has 1 atom stereocenters. The number of carbonyl (C=O) groups excluding carboxylic acids is 1. The second-order valence-corrected chi connectivity index (χ2v) is 8.26. The predicted octanol–water partition coefficient (Wildman–Crippen LogP) is 5.96. The summed E-state index contributed by atoms with van der Waals surface area (Å²) in [5.41, 5.74) is 2.56. The Morgan fingerprint density at radius 2 is 1.96 bits per heavy atom. The van der Waals surface area contributed by atoms with Gasteiger partial charge in [0.2, 0.25) is 0 Å². The summed E-state index contributed by atoms with van der Waals surface area (Å²) in [7, 11) is 0. The highest BCUT2D eigenvalue weighted by Gasteiger charge is 2.26. The number of amides is 1. The number of nitrogens with zero attached hydrogens (tertiary/aromatic N) is 1. The van der Waals surface area contributed by atoms with Crippen molar-refractivity contribution in [3.8, 4) is 0 Å². The highest BCUT2D eigenvalue weighted by molar-refractivity contribution is 6.38. The smallest absolute Gasteiger partial charge is 0.252 e. The van der Waals surface area contributed by atoms with E-state index in [1.165, 1.54) is 32.1 Å². The Balaban J connectivity index is 1.53. The zero-order chi connectivity index (χ0) is 19.5. The third kappa shape index (κ3) is 4.03. The molecule has 1 aliphatic carbocycles. The lowest BCUT2D eigenvalue weighted by molar-refractivity contribution is 0.0946. The van der Waals surface area contributed by atoms with Crippen LogP contribution in [0.5, 0.6) is 0 Å². The van der Waals surface area contributed by atoms with Crippen LogP contribution in [0.25, 0.3) is 10.9 Å². The van der Waals surface area contributed by atoms with E-state index in [9.17, 15) is 4.79 Å². The normalized spacial score (nSPS) is 16.2. The molecule has 0 aliphatic heterocycles. The van der Waals surface area contributed by atoms with Crippen LogP contribution in [-0.2, 0) is 0 Å². The molecule has 6 heteroatoms. The molecule has 4 rings (SSSR count). The van der Waals surface area contributed by atoms with Crippen molar-refractivity contribution in [2.45, 2.75) is 38.0 Å². The minimum absolute atomic E-state index is 0.143. The second-order valence-electron chi connectivity index (χ2n) is 7.49. The zero-order valence-electron chi connectivity index (χ0n) is 15.6. The molecule has 2 aromatic heterocycles. The Morgan fingerprint density at radius 1 is 1.14 bits per heavy atom. The highest BCUT2D eigenvalue weighted by atomic mass is 35.5. The molecule has 146 valence electrons. The third-order valence-electron chi connectivity index (χ3n) is 5.79. The number of benzene rings is 1. The number of hydrogen-bond donors (Lipinski definition) is 2. The van der Waals surface area contributed by atoms with E-state index in [0.29, 0.717) is 28.2 Å². The molecule has 0 bridgehead atoms. The van der Waals surface area contributed by atoms with Gasteiger partial charge >= 0.3 is 0 Å². The van der Waals surface area contributed by atoms with Gasteiger partial charge in [0.05, 0.1) is 10.6 Å². The highest BCUT2D eigenvalue weighted by Crippen LogP contribution is 2.36. The van der Waals surface area contributed by atoms with E-state index in [0.717, 1.165) is 16.5 Å². The van der Waals surface area contributed by atoms with E-state index in [1.54, 1.807) is 6.07 Å². The van der Waals surface area contributed by atoms with E-state index < -0.39 is 0 Å². The summed E-state index contributed by atoms with van der Waals surface area (Å²) < 4.78 is 0. The Labute approximate surface area is 174 Å². The molecule has 0 radical (unpaired) electrons. The summed E-state index contributed by atoms with van der Waals surface area (Å²) >= 11 is 12.4. The molecule has 1 fully saturated rings. The fraction of sp³-hybridized carbons (Fsp3) is 0.364. The molecule has 4 nitrogen and oxygen atoms in total. The van der Waals surface area contributed by atoms with Crippen LogP contribution in [0.3, 0.4) is 0 Å². The van der Waals surface area contributed by atoms with Crippen LogP contribution in [-0.4, -0.2) is 22.4 Å². The number of aromatic nitrogens is 2. The molecular formula is C22H23Cl2N3O. The minimum Gasteiger partial charge on any atom is -0.361 e. The molecule has 0 saturated heterocycles. The van der Waals surface area contributed by atoms with Crippen LogP contribution >= 0.6 is 23.2 Å². The number of aromatic amines is 1. The van der Waals surface area contributed by atoms with Gasteiger partial charge in [-0.15, -0.1) is 0 Å². The number of nitrogens with one attached hydrogen (secondary N) is 2. The Morgan fingerprint density at radius 3 is 2.71 bits per heavy atom. The van der Waals surface area contributed by atoms with Crippen molar-refractivity contribution in [3.05, 3.63) is 64.0 Å². The standard InChI is InChI=1S/C22H23Cl2N3O/c23-20-9-6-15(12-26-20)18(14-4-2-1-3-5-14)13-27-22(28)17-7-8-19-16(21(17)24)10-11-25-19/h6-12,14,18,25H,1-5,13H2,(H,27,28). The molecule has 1 unspecified atom stereocenters. The molecule has 28 heavy (non-hydrogen) atoms. The van der Waals surface area contributed by atoms with Crippen molar-refractivity contribution in [2.75, 3.05) is 6.54 Å². The van der Waals surface area contributed by atoms with Crippen molar-refractivity contribution in [3.63, 3.8) is 0 Å². The number of fused-ring (bicyclic) bond motifs is 1. The number of pyridine rings is 1. The quantitative estimate of drug-likeness (QED) is 0.504. The van der Waals surface area contributed by atoms with Gasteiger partial charge in [0, 0.05) is 35.8 Å². The van der Waals surface area contributed by atoms with Gasteiger partial charge in [0.25, 0.3) is 5.91 Å². The maximum Gasteiger partial charge on any atom is 0.252 e. The van der Waals surface area contributed by atoms with Gasteiger partial charge in [0.15, 0.2) is 0 Å². The van der Waals surface area contributed by atoms with Gasteiger partial charge in [-0.2, -0.15) is 0 Å². The first-order chi connectivity index (χ1) is 13.6. The van der Waals surface area contributed by atoms with Crippen LogP contribution in [0.4, 0.5) is 0 Å². The van der Waals surface area contributed by atoms with Crippen LogP contribution in [0.15, 0.2) is 42.7 Å². The number of H-pyrrole nitrogens is 1. The van der Waals surface area contributed by atoms with E-state index >= 15 is 0 Å². The monoisotopic (exact) mass is 415 g/mol. The zero-order valence-corrected chi connectivity index (χ0v) is 17.1. The molecule has 1 amide bonds. The number of halogens is 2. The molecular weight excluding hydrogens is 393 g/mol. The first-order valence-corrected chi connectivity index (χ1v) is 10.5. The van der Waals surface area contributed by atoms with Crippen LogP contribution in [0.1, 0.15) is 53.9 Å². The van der Waals surface area contributed by atoms with Crippen molar-refractivity contribution in [1.82, 2.24) is 15.3 Å². The van der Waals surface area contributed by atoms with E-state index in [4.69, 9.17) is 23.2 Å². The largest absolute Gasteiger partial charge is 0.361 e. The van der Waals surface area contributed by atoms with Gasteiger partial charge in [-0.25, -0.2) is 4.98 Å². The Kier molecular flexibility index (Phi) is 5.88. The second kappa shape index (κ2) is 8.54. The molecule has 1 aliphatic rings. The van der Waals surface area contributed by atoms with Crippen LogP contribution in [0, 0.1) is 5.92 Å². The number of rotatable bonds is 5. The van der Waals surface area contributed by atoms with E-state index in [-0.39, 0.29) is 11.8 Å². The summed E-state index contributed by atoms with van der Waals surface area (Å²) in [5, 5.41) is 4.95. The first-order valence-electron chi connectivity index (χ1n) is 9.78. The van der Waals surface area contributed by atoms with Gasteiger partial charge in [-0.05, 0) is 48.6 Å². The minimum atomic E-state index is -0.143. The maximum absolute atomic E-state index is 12.9. The molecule has 3 aromatic rings. The topological polar surface area (TPSA) is 57.8 Å². The molecule has 1 saturated carbocycles. The van der Waals surface area contributed by atoms with Crippen molar-refractivity contribution < 1.29 is 4.79 Å². The van der Waals surface area contributed by atoms with Crippen LogP contribution in [0.2, 0.25) is 10.2 Å². The van der Waals surface area contributed by atoms with Gasteiger partial charge in [-0.3, -0.25) is 4.79 Å². The Bertz CT molecular complexity index is 962. The molecule has 2 N–H and O–H groups in total. The molecule has 0 spiro atoms. The average molecular weight is 416 g/mol. The van der Waals surface area contributed by atoms with Crippen LogP contribution < -0.4 is 5.32 Å². The lowest BCUT2D eigenvalue weighted by Crippen LogP contribution is -2.32. The van der Waals surface area contributed by atoms with E-state index in [2.05, 4.69) is 15.3 Å². The average Bonchev–Trinajstić information content (AvgIpc) is 3.20. The van der Waals surface area contributed by atoms with Gasteiger partial charge in [-0.1, -0.05) is 48.5 Å².